The summed E-state index contributed by atoms with van der Waals surface area (Å²) in [5, 5.41) is 4.28. The van der Waals surface area contributed by atoms with E-state index in [2.05, 4.69) is 15.3 Å². The molecule has 0 fully saturated rings. The maximum absolute atomic E-state index is 11.4. The predicted octanol–water partition coefficient (Wildman–Crippen LogP) is 4.41. The molecule has 152 valence electrons. The maximum Gasteiger partial charge on any atom is 0.305 e. The van der Waals surface area contributed by atoms with Gasteiger partial charge in [-0.05, 0) is 44.5 Å². The fraction of sp³-hybridized carbons (Fsp3) is 0.318. The Morgan fingerprint density at radius 1 is 1.10 bits per heavy atom. The minimum Gasteiger partial charge on any atom is -0.493 e. The Bertz CT molecular complexity index is 991. The summed E-state index contributed by atoms with van der Waals surface area (Å²) in [6, 6.07) is 13.4. The SMILES string of the molecule is CCOC(=O)CCCOc1cc(Nc2nc(C)nc3ccccc23)ccc1OC. The van der Waals surface area contributed by atoms with Crippen LogP contribution < -0.4 is 14.8 Å². The van der Waals surface area contributed by atoms with Crippen LogP contribution in [0, 0.1) is 6.92 Å². The number of ether oxygens (including phenoxy) is 3. The number of esters is 1. The van der Waals surface area contributed by atoms with Crippen LogP contribution in [0.1, 0.15) is 25.6 Å². The van der Waals surface area contributed by atoms with Gasteiger partial charge >= 0.3 is 5.97 Å². The number of aryl methyl sites for hydroxylation is 1. The van der Waals surface area contributed by atoms with Crippen LogP contribution in [0.3, 0.4) is 0 Å². The molecule has 1 N–H and O–H groups in total. The Balaban J connectivity index is 1.74. The van der Waals surface area contributed by atoms with Gasteiger partial charge in [-0.1, -0.05) is 12.1 Å². The van der Waals surface area contributed by atoms with Crippen LogP contribution in [-0.2, 0) is 9.53 Å². The van der Waals surface area contributed by atoms with Crippen molar-refractivity contribution in [2.24, 2.45) is 0 Å². The van der Waals surface area contributed by atoms with E-state index in [0.717, 1.165) is 22.4 Å². The van der Waals surface area contributed by atoms with Crippen LogP contribution in [0.4, 0.5) is 11.5 Å². The van der Waals surface area contributed by atoms with Crippen LogP contribution >= 0.6 is 0 Å². The number of nitrogens with one attached hydrogen (secondary N) is 1. The molecule has 0 spiro atoms. The van der Waals surface area contributed by atoms with Crippen molar-refractivity contribution in [3.8, 4) is 11.5 Å². The number of methoxy groups -OCH3 is 1. The van der Waals surface area contributed by atoms with Gasteiger partial charge in [0.15, 0.2) is 11.5 Å². The average molecular weight is 395 g/mol. The number of para-hydroxylation sites is 1. The molecule has 7 heteroatoms. The summed E-state index contributed by atoms with van der Waals surface area (Å²) in [4.78, 5) is 20.4. The third kappa shape index (κ3) is 5.34. The number of carbonyl (C=O) groups excluding carboxylic acids is 1. The van der Waals surface area contributed by atoms with Crippen molar-refractivity contribution in [3.63, 3.8) is 0 Å². The van der Waals surface area contributed by atoms with Crippen molar-refractivity contribution >= 4 is 28.4 Å². The van der Waals surface area contributed by atoms with Gasteiger partial charge in [0, 0.05) is 23.6 Å². The fourth-order valence-electron chi connectivity index (χ4n) is 2.92. The first-order valence-corrected chi connectivity index (χ1v) is 9.57. The van der Waals surface area contributed by atoms with E-state index in [-0.39, 0.29) is 5.97 Å². The normalized spacial score (nSPS) is 10.6. The molecular weight excluding hydrogens is 370 g/mol. The van der Waals surface area contributed by atoms with Gasteiger partial charge in [-0.25, -0.2) is 9.97 Å². The molecule has 0 saturated carbocycles. The van der Waals surface area contributed by atoms with Crippen molar-refractivity contribution in [2.45, 2.75) is 26.7 Å². The number of hydrogen-bond acceptors (Lipinski definition) is 7. The lowest BCUT2D eigenvalue weighted by atomic mass is 10.2. The summed E-state index contributed by atoms with van der Waals surface area (Å²) < 4.78 is 16.2. The summed E-state index contributed by atoms with van der Waals surface area (Å²) in [5.74, 6) is 2.41. The van der Waals surface area contributed by atoms with Crippen LogP contribution in [0.15, 0.2) is 42.5 Å². The first kappa shape index (κ1) is 20.4. The highest BCUT2D eigenvalue weighted by atomic mass is 16.5. The van der Waals surface area contributed by atoms with E-state index in [0.29, 0.717) is 43.4 Å². The van der Waals surface area contributed by atoms with E-state index >= 15 is 0 Å². The zero-order valence-corrected chi connectivity index (χ0v) is 16.9. The Hall–Kier alpha value is -3.35. The minimum absolute atomic E-state index is 0.218. The molecule has 0 aliphatic heterocycles. The predicted molar refractivity (Wildman–Crippen MR) is 112 cm³/mol. The summed E-state index contributed by atoms with van der Waals surface area (Å²) in [7, 11) is 1.59. The summed E-state index contributed by atoms with van der Waals surface area (Å²) in [5.41, 5.74) is 1.70. The van der Waals surface area contributed by atoms with Gasteiger partial charge in [-0.2, -0.15) is 0 Å². The third-order valence-electron chi connectivity index (χ3n) is 4.23. The van der Waals surface area contributed by atoms with Gasteiger partial charge in [0.05, 0.1) is 25.8 Å². The van der Waals surface area contributed by atoms with Gasteiger partial charge in [-0.15, -0.1) is 0 Å². The van der Waals surface area contributed by atoms with Gasteiger partial charge in [0.1, 0.15) is 11.6 Å². The van der Waals surface area contributed by atoms with Gasteiger partial charge in [0.25, 0.3) is 0 Å². The molecule has 0 aliphatic carbocycles. The second-order valence-electron chi connectivity index (χ2n) is 6.38. The van der Waals surface area contributed by atoms with E-state index in [4.69, 9.17) is 14.2 Å². The monoisotopic (exact) mass is 395 g/mol. The zero-order valence-electron chi connectivity index (χ0n) is 16.9. The van der Waals surface area contributed by atoms with Crippen LogP contribution in [0.5, 0.6) is 11.5 Å². The Morgan fingerprint density at radius 2 is 1.93 bits per heavy atom. The van der Waals surface area contributed by atoms with Crippen molar-refractivity contribution in [3.05, 3.63) is 48.3 Å². The molecule has 0 saturated heterocycles. The molecule has 29 heavy (non-hydrogen) atoms. The van der Waals surface area contributed by atoms with Crippen molar-refractivity contribution in [2.75, 3.05) is 25.6 Å². The quantitative estimate of drug-likeness (QED) is 0.424. The third-order valence-corrected chi connectivity index (χ3v) is 4.23. The maximum atomic E-state index is 11.4. The van der Waals surface area contributed by atoms with E-state index in [1.807, 2.05) is 49.4 Å². The molecule has 0 unspecified atom stereocenters. The standard InChI is InChI=1S/C22H25N3O4/c1-4-28-21(26)10-7-13-29-20-14-16(11-12-19(20)27-3)25-22-17-8-5-6-9-18(17)23-15(2)24-22/h5-6,8-9,11-12,14H,4,7,10,13H2,1-3H3,(H,23,24,25). The summed E-state index contributed by atoms with van der Waals surface area (Å²) >= 11 is 0. The average Bonchev–Trinajstić information content (AvgIpc) is 2.71. The number of hydrogen-bond donors (Lipinski definition) is 1. The summed E-state index contributed by atoms with van der Waals surface area (Å²) in [6.07, 6.45) is 0.885. The molecule has 0 atom stereocenters. The largest absolute Gasteiger partial charge is 0.493 e. The van der Waals surface area contributed by atoms with Crippen molar-refractivity contribution < 1.29 is 19.0 Å². The number of carbonyl (C=O) groups is 1. The van der Waals surface area contributed by atoms with E-state index in [1.165, 1.54) is 0 Å². The lowest BCUT2D eigenvalue weighted by Crippen LogP contribution is -2.07. The Morgan fingerprint density at radius 3 is 2.72 bits per heavy atom. The van der Waals surface area contributed by atoms with Crippen LogP contribution in [-0.4, -0.2) is 36.3 Å². The molecule has 2 aromatic carbocycles. The number of rotatable bonds is 9. The molecule has 0 aliphatic rings. The fourth-order valence-corrected chi connectivity index (χ4v) is 2.92. The number of benzene rings is 2. The van der Waals surface area contributed by atoms with Crippen LogP contribution in [0.2, 0.25) is 0 Å². The number of nitrogens with zero attached hydrogens (tertiary/aromatic N) is 2. The number of fused-ring (bicyclic) bond motifs is 1. The number of anilines is 2. The van der Waals surface area contributed by atoms with Gasteiger partial charge in [0.2, 0.25) is 0 Å². The topological polar surface area (TPSA) is 82.6 Å². The molecule has 3 rings (SSSR count). The molecule has 0 radical (unpaired) electrons. The highest BCUT2D eigenvalue weighted by Crippen LogP contribution is 2.32. The van der Waals surface area contributed by atoms with Crippen molar-refractivity contribution in [1.82, 2.24) is 9.97 Å². The van der Waals surface area contributed by atoms with E-state index < -0.39 is 0 Å². The zero-order chi connectivity index (χ0) is 20.6. The lowest BCUT2D eigenvalue weighted by Gasteiger charge is -2.14. The molecule has 1 heterocycles. The van der Waals surface area contributed by atoms with Gasteiger partial charge < -0.3 is 19.5 Å². The first-order valence-electron chi connectivity index (χ1n) is 9.57. The van der Waals surface area contributed by atoms with Crippen LogP contribution in [0.25, 0.3) is 10.9 Å². The molecule has 0 bridgehead atoms. The Labute approximate surface area is 170 Å². The molecular formula is C22H25N3O4. The molecule has 0 amide bonds. The number of aromatic nitrogens is 2. The summed E-state index contributed by atoms with van der Waals surface area (Å²) in [6.45, 7) is 4.43. The first-order chi connectivity index (χ1) is 14.1. The molecule has 1 aromatic heterocycles. The van der Waals surface area contributed by atoms with E-state index in [1.54, 1.807) is 14.0 Å². The highest BCUT2D eigenvalue weighted by Gasteiger charge is 2.10. The highest BCUT2D eigenvalue weighted by molar-refractivity contribution is 5.90. The smallest absolute Gasteiger partial charge is 0.305 e. The molecule has 7 nitrogen and oxygen atoms in total. The van der Waals surface area contributed by atoms with Crippen molar-refractivity contribution in [1.29, 1.82) is 0 Å². The minimum atomic E-state index is -0.218. The second kappa shape index (κ2) is 9.73. The lowest BCUT2D eigenvalue weighted by molar-refractivity contribution is -0.143. The molecule has 3 aromatic rings. The van der Waals surface area contributed by atoms with E-state index in [9.17, 15) is 4.79 Å². The van der Waals surface area contributed by atoms with Gasteiger partial charge in [-0.3, -0.25) is 4.79 Å². The second-order valence-corrected chi connectivity index (χ2v) is 6.38. The Kier molecular flexibility index (Phi) is 6.84.